The number of rotatable bonds is 3. The molecule has 0 radical (unpaired) electrons. The van der Waals surface area contributed by atoms with E-state index in [1.807, 2.05) is 0 Å². The summed E-state index contributed by atoms with van der Waals surface area (Å²) in [5.41, 5.74) is -0.737. The first kappa shape index (κ1) is 11.2. The Morgan fingerprint density at radius 3 is 2.47 bits per heavy atom. The number of hydrogen-bond acceptors (Lipinski definition) is 5. The van der Waals surface area contributed by atoms with Gasteiger partial charge in [-0.1, -0.05) is 0 Å². The van der Waals surface area contributed by atoms with Crippen LogP contribution in [0.15, 0.2) is 6.20 Å². The van der Waals surface area contributed by atoms with Gasteiger partial charge < -0.3 is 9.47 Å². The third-order valence-electron chi connectivity index (χ3n) is 1.97. The number of nitrogens with zero attached hydrogens (tertiary/aromatic N) is 3. The van der Waals surface area contributed by atoms with Crippen LogP contribution in [-0.2, 0) is 5.41 Å². The molecule has 1 aromatic rings. The van der Waals surface area contributed by atoms with Gasteiger partial charge in [-0.3, -0.25) is 0 Å². The zero-order valence-corrected chi connectivity index (χ0v) is 9.24. The van der Waals surface area contributed by atoms with Crippen molar-refractivity contribution in [3.8, 4) is 17.7 Å². The molecule has 0 bridgehead atoms. The highest BCUT2D eigenvalue weighted by Crippen LogP contribution is 2.26. The molecule has 0 fully saturated rings. The largest absolute Gasteiger partial charge is 0.490 e. The van der Waals surface area contributed by atoms with E-state index < -0.39 is 5.41 Å². The number of nitriles is 1. The zero-order valence-electron chi connectivity index (χ0n) is 9.24. The highest BCUT2D eigenvalue weighted by atomic mass is 16.5. The average Bonchev–Trinajstić information content (AvgIpc) is 2.28. The topological polar surface area (TPSA) is 68.0 Å². The maximum atomic E-state index is 8.94. The standard InChI is InChI=1S/C10H13N3O2/c1-10(2,6-11)9-12-5-7(14-3)8(13-9)15-4/h5H,1-4H3. The minimum Gasteiger partial charge on any atom is -0.490 e. The van der Waals surface area contributed by atoms with Gasteiger partial charge in [0.05, 0.1) is 26.5 Å². The second-order valence-corrected chi connectivity index (χ2v) is 3.51. The van der Waals surface area contributed by atoms with Crippen molar-refractivity contribution in [1.29, 1.82) is 5.26 Å². The van der Waals surface area contributed by atoms with Gasteiger partial charge in [-0.2, -0.15) is 10.2 Å². The minimum absolute atomic E-state index is 0.339. The van der Waals surface area contributed by atoms with Crippen LogP contribution in [0, 0.1) is 11.3 Å². The summed E-state index contributed by atoms with van der Waals surface area (Å²) in [4.78, 5) is 8.19. The van der Waals surface area contributed by atoms with E-state index in [-0.39, 0.29) is 0 Å². The molecule has 0 unspecified atom stereocenters. The molecule has 0 aliphatic heterocycles. The van der Waals surface area contributed by atoms with Crippen LogP contribution in [0.4, 0.5) is 0 Å². The molecule has 0 aliphatic carbocycles. The molecule has 0 spiro atoms. The van der Waals surface area contributed by atoms with Gasteiger partial charge in [0.25, 0.3) is 5.88 Å². The average molecular weight is 207 g/mol. The quantitative estimate of drug-likeness (QED) is 0.747. The Hall–Kier alpha value is -1.83. The summed E-state index contributed by atoms with van der Waals surface area (Å²) in [7, 11) is 3.00. The lowest BCUT2D eigenvalue weighted by atomic mass is 9.95. The summed E-state index contributed by atoms with van der Waals surface area (Å²) in [5, 5.41) is 8.94. The highest BCUT2D eigenvalue weighted by molar-refractivity contribution is 5.33. The normalized spacial score (nSPS) is 10.6. The molecule has 0 saturated carbocycles. The lowest BCUT2D eigenvalue weighted by molar-refractivity contribution is 0.337. The molecule has 0 aliphatic rings. The minimum atomic E-state index is -0.737. The first-order chi connectivity index (χ1) is 7.05. The van der Waals surface area contributed by atoms with Crippen molar-refractivity contribution >= 4 is 0 Å². The number of ether oxygens (including phenoxy) is 2. The van der Waals surface area contributed by atoms with E-state index in [1.54, 1.807) is 13.8 Å². The van der Waals surface area contributed by atoms with Crippen molar-refractivity contribution < 1.29 is 9.47 Å². The van der Waals surface area contributed by atoms with E-state index in [4.69, 9.17) is 14.7 Å². The smallest absolute Gasteiger partial charge is 0.260 e. The SMILES string of the molecule is COc1cnc(C(C)(C)C#N)nc1OC. The summed E-state index contributed by atoms with van der Waals surface area (Å²) in [6.07, 6.45) is 1.50. The second kappa shape index (κ2) is 4.13. The molecular formula is C10H13N3O2. The molecule has 80 valence electrons. The summed E-state index contributed by atoms with van der Waals surface area (Å²) in [6.45, 7) is 3.49. The van der Waals surface area contributed by atoms with Crippen LogP contribution in [-0.4, -0.2) is 24.2 Å². The molecule has 0 atom stereocenters. The Balaban J connectivity index is 3.21. The van der Waals surface area contributed by atoms with Gasteiger partial charge in [0.2, 0.25) is 0 Å². The Labute approximate surface area is 88.7 Å². The van der Waals surface area contributed by atoms with Crippen LogP contribution in [0.1, 0.15) is 19.7 Å². The van der Waals surface area contributed by atoms with E-state index in [0.717, 1.165) is 0 Å². The molecule has 0 saturated heterocycles. The third kappa shape index (κ3) is 2.15. The van der Waals surface area contributed by atoms with Crippen LogP contribution in [0.25, 0.3) is 0 Å². The van der Waals surface area contributed by atoms with Crippen molar-refractivity contribution in [2.24, 2.45) is 0 Å². The van der Waals surface area contributed by atoms with Gasteiger partial charge in [-0.25, -0.2) is 4.98 Å². The van der Waals surface area contributed by atoms with Crippen LogP contribution < -0.4 is 9.47 Å². The lowest BCUT2D eigenvalue weighted by Crippen LogP contribution is -2.18. The molecule has 0 aromatic carbocycles. The third-order valence-corrected chi connectivity index (χ3v) is 1.97. The number of methoxy groups -OCH3 is 2. The van der Waals surface area contributed by atoms with Gasteiger partial charge in [-0.15, -0.1) is 0 Å². The van der Waals surface area contributed by atoms with E-state index >= 15 is 0 Å². The Morgan fingerprint density at radius 1 is 1.33 bits per heavy atom. The van der Waals surface area contributed by atoms with Crippen molar-refractivity contribution in [3.63, 3.8) is 0 Å². The van der Waals surface area contributed by atoms with E-state index in [2.05, 4.69) is 16.0 Å². The van der Waals surface area contributed by atoms with Gasteiger partial charge in [-0.05, 0) is 13.8 Å². The fraction of sp³-hybridized carbons (Fsp3) is 0.500. The van der Waals surface area contributed by atoms with Crippen LogP contribution in [0.2, 0.25) is 0 Å². The number of aromatic nitrogens is 2. The van der Waals surface area contributed by atoms with Crippen LogP contribution >= 0.6 is 0 Å². The first-order valence-corrected chi connectivity index (χ1v) is 4.42. The van der Waals surface area contributed by atoms with Crippen LogP contribution in [0.3, 0.4) is 0 Å². The molecule has 1 heterocycles. The molecule has 5 heteroatoms. The Bertz CT molecular complexity index is 396. The zero-order chi connectivity index (χ0) is 11.5. The van der Waals surface area contributed by atoms with Crippen molar-refractivity contribution in [1.82, 2.24) is 9.97 Å². The molecular weight excluding hydrogens is 194 g/mol. The van der Waals surface area contributed by atoms with E-state index in [0.29, 0.717) is 17.5 Å². The maximum Gasteiger partial charge on any atom is 0.260 e. The first-order valence-electron chi connectivity index (χ1n) is 4.42. The Morgan fingerprint density at radius 2 is 2.00 bits per heavy atom. The second-order valence-electron chi connectivity index (χ2n) is 3.51. The summed E-state index contributed by atoms with van der Waals surface area (Å²) >= 11 is 0. The fourth-order valence-corrected chi connectivity index (χ4v) is 0.993. The monoisotopic (exact) mass is 207 g/mol. The summed E-state index contributed by atoms with van der Waals surface area (Å²) in [6, 6.07) is 2.13. The van der Waals surface area contributed by atoms with Gasteiger partial charge >= 0.3 is 0 Å². The van der Waals surface area contributed by atoms with Crippen LogP contribution in [0.5, 0.6) is 11.6 Å². The molecule has 15 heavy (non-hydrogen) atoms. The van der Waals surface area contributed by atoms with E-state index in [9.17, 15) is 0 Å². The van der Waals surface area contributed by atoms with Gasteiger partial charge in [0, 0.05) is 0 Å². The predicted molar refractivity (Wildman–Crippen MR) is 53.8 cm³/mol. The summed E-state index contributed by atoms with van der Waals surface area (Å²) in [5.74, 6) is 1.21. The highest BCUT2D eigenvalue weighted by Gasteiger charge is 2.25. The van der Waals surface area contributed by atoms with Gasteiger partial charge in [0.1, 0.15) is 5.41 Å². The molecule has 0 N–H and O–H groups in total. The Kier molecular flexibility index (Phi) is 3.10. The van der Waals surface area contributed by atoms with Crippen molar-refractivity contribution in [2.75, 3.05) is 14.2 Å². The molecule has 1 rings (SSSR count). The molecule has 0 amide bonds. The molecule has 1 aromatic heterocycles. The van der Waals surface area contributed by atoms with Crippen molar-refractivity contribution in [2.45, 2.75) is 19.3 Å². The summed E-state index contributed by atoms with van der Waals surface area (Å²) < 4.78 is 10.0. The number of hydrogen-bond donors (Lipinski definition) is 0. The van der Waals surface area contributed by atoms with E-state index in [1.165, 1.54) is 20.4 Å². The van der Waals surface area contributed by atoms with Gasteiger partial charge in [0.15, 0.2) is 11.6 Å². The van der Waals surface area contributed by atoms with Crippen molar-refractivity contribution in [3.05, 3.63) is 12.0 Å². The predicted octanol–water partition coefficient (Wildman–Crippen LogP) is 1.29. The molecule has 5 nitrogen and oxygen atoms in total. The lowest BCUT2D eigenvalue weighted by Gasteiger charge is -2.14. The fourth-order valence-electron chi connectivity index (χ4n) is 0.993. The maximum absolute atomic E-state index is 8.94.